The molecule has 90 valence electrons. The highest BCUT2D eigenvalue weighted by Crippen LogP contribution is 2.14. The summed E-state index contributed by atoms with van der Waals surface area (Å²) in [6.45, 7) is 1.85. The number of hydrogen-bond donors (Lipinski definition) is 1. The molecule has 0 fully saturated rings. The predicted molar refractivity (Wildman–Crippen MR) is 65.4 cm³/mol. The summed E-state index contributed by atoms with van der Waals surface area (Å²) in [5, 5.41) is 2.87. The van der Waals surface area contributed by atoms with Crippen LogP contribution in [0.1, 0.15) is 35.2 Å². The molecule has 3 heteroatoms. The van der Waals surface area contributed by atoms with Crippen LogP contribution in [0.5, 0.6) is 0 Å². The van der Waals surface area contributed by atoms with E-state index in [-0.39, 0.29) is 17.5 Å². The fourth-order valence-corrected chi connectivity index (χ4v) is 2.00. The lowest BCUT2D eigenvalue weighted by Crippen LogP contribution is -2.35. The summed E-state index contributed by atoms with van der Waals surface area (Å²) in [5.74, 6) is -0.772. The van der Waals surface area contributed by atoms with E-state index < -0.39 is 5.82 Å². The van der Waals surface area contributed by atoms with Gasteiger partial charge in [-0.15, -0.1) is 0 Å². The number of allylic oxidation sites excluding steroid dienone is 1. The van der Waals surface area contributed by atoms with Gasteiger partial charge in [-0.2, -0.15) is 0 Å². The fraction of sp³-hybridized carbons (Fsp3) is 0.357. The van der Waals surface area contributed by atoms with Crippen molar-refractivity contribution in [1.82, 2.24) is 5.32 Å². The summed E-state index contributed by atoms with van der Waals surface area (Å²) in [7, 11) is 0. The maximum atomic E-state index is 13.5. The van der Waals surface area contributed by atoms with E-state index in [2.05, 4.69) is 17.5 Å². The van der Waals surface area contributed by atoms with Gasteiger partial charge in [-0.25, -0.2) is 4.39 Å². The van der Waals surface area contributed by atoms with Gasteiger partial charge in [0.2, 0.25) is 0 Å². The molecule has 0 bridgehead atoms. The minimum absolute atomic E-state index is 0.132. The number of amides is 1. The smallest absolute Gasteiger partial charge is 0.254 e. The van der Waals surface area contributed by atoms with E-state index >= 15 is 0 Å². The molecule has 1 amide bonds. The van der Waals surface area contributed by atoms with Gasteiger partial charge >= 0.3 is 0 Å². The average molecular weight is 233 g/mol. The molecule has 0 aliphatic heterocycles. The molecule has 2 nitrogen and oxygen atoms in total. The first-order valence-corrected chi connectivity index (χ1v) is 5.89. The molecule has 0 aromatic heterocycles. The van der Waals surface area contributed by atoms with E-state index in [9.17, 15) is 9.18 Å². The van der Waals surface area contributed by atoms with Crippen LogP contribution in [0.2, 0.25) is 0 Å². The van der Waals surface area contributed by atoms with Crippen molar-refractivity contribution < 1.29 is 9.18 Å². The Morgan fingerprint density at radius 2 is 2.24 bits per heavy atom. The van der Waals surface area contributed by atoms with Crippen molar-refractivity contribution in [2.24, 2.45) is 0 Å². The summed E-state index contributed by atoms with van der Waals surface area (Å²) >= 11 is 0. The quantitative estimate of drug-likeness (QED) is 0.782. The third kappa shape index (κ3) is 2.93. The summed E-state index contributed by atoms with van der Waals surface area (Å²) in [6.07, 6.45) is 6.90. The first-order chi connectivity index (χ1) is 8.16. The summed E-state index contributed by atoms with van der Waals surface area (Å²) in [4.78, 5) is 11.9. The van der Waals surface area contributed by atoms with Crippen molar-refractivity contribution in [3.8, 4) is 0 Å². The van der Waals surface area contributed by atoms with Gasteiger partial charge in [0, 0.05) is 6.04 Å². The van der Waals surface area contributed by atoms with Gasteiger partial charge in [0.15, 0.2) is 0 Å². The molecule has 1 aromatic rings. The molecule has 0 saturated carbocycles. The summed E-state index contributed by atoms with van der Waals surface area (Å²) < 4.78 is 13.5. The van der Waals surface area contributed by atoms with Gasteiger partial charge in [0.25, 0.3) is 5.91 Å². The lowest BCUT2D eigenvalue weighted by atomic mass is 10.0. The molecule has 1 aromatic carbocycles. The van der Waals surface area contributed by atoms with Crippen LogP contribution in [0, 0.1) is 12.7 Å². The number of nitrogens with one attached hydrogen (secondary N) is 1. The Balaban J connectivity index is 2.08. The number of halogens is 1. The molecule has 1 unspecified atom stereocenters. The largest absolute Gasteiger partial charge is 0.349 e. The van der Waals surface area contributed by atoms with Crippen molar-refractivity contribution in [1.29, 1.82) is 0 Å². The number of hydrogen-bond acceptors (Lipinski definition) is 1. The standard InChI is InChI=1S/C14H16FNO/c1-10-7-8-13(15)12(9-10)14(17)16-11-5-3-2-4-6-11/h2-3,7-9,11H,4-6H2,1H3,(H,16,17). The Bertz CT molecular complexity index is 454. The van der Waals surface area contributed by atoms with Crippen LogP contribution in [0.25, 0.3) is 0 Å². The van der Waals surface area contributed by atoms with Crippen LogP contribution in [0.4, 0.5) is 4.39 Å². The van der Waals surface area contributed by atoms with E-state index in [0.29, 0.717) is 0 Å². The number of carbonyl (C=O) groups excluding carboxylic acids is 1. The minimum Gasteiger partial charge on any atom is -0.349 e. The zero-order valence-electron chi connectivity index (χ0n) is 9.87. The fourth-order valence-electron chi connectivity index (χ4n) is 2.00. The number of carbonyl (C=O) groups is 1. The van der Waals surface area contributed by atoms with Crippen LogP contribution in [-0.4, -0.2) is 11.9 Å². The van der Waals surface area contributed by atoms with Crippen LogP contribution in [-0.2, 0) is 0 Å². The molecule has 2 rings (SSSR count). The van der Waals surface area contributed by atoms with Crippen LogP contribution in [0.3, 0.4) is 0 Å². The first-order valence-electron chi connectivity index (χ1n) is 5.89. The Morgan fingerprint density at radius 3 is 2.94 bits per heavy atom. The molecular formula is C14H16FNO. The van der Waals surface area contributed by atoms with Crippen molar-refractivity contribution in [3.05, 3.63) is 47.3 Å². The Morgan fingerprint density at radius 1 is 1.41 bits per heavy atom. The van der Waals surface area contributed by atoms with Crippen molar-refractivity contribution in [3.63, 3.8) is 0 Å². The monoisotopic (exact) mass is 233 g/mol. The van der Waals surface area contributed by atoms with Crippen molar-refractivity contribution in [2.75, 3.05) is 0 Å². The lowest BCUT2D eigenvalue weighted by Gasteiger charge is -2.19. The Hall–Kier alpha value is -1.64. The van der Waals surface area contributed by atoms with E-state index in [1.54, 1.807) is 12.1 Å². The minimum atomic E-state index is -0.459. The lowest BCUT2D eigenvalue weighted by molar-refractivity contribution is 0.0930. The maximum absolute atomic E-state index is 13.5. The second-order valence-electron chi connectivity index (χ2n) is 4.44. The molecule has 1 N–H and O–H groups in total. The molecule has 17 heavy (non-hydrogen) atoms. The second kappa shape index (κ2) is 5.13. The van der Waals surface area contributed by atoms with Crippen LogP contribution < -0.4 is 5.32 Å². The molecule has 1 aliphatic rings. The maximum Gasteiger partial charge on any atom is 0.254 e. The zero-order chi connectivity index (χ0) is 12.3. The molecular weight excluding hydrogens is 217 g/mol. The SMILES string of the molecule is Cc1ccc(F)c(C(=O)NC2CC=CCC2)c1. The zero-order valence-corrected chi connectivity index (χ0v) is 9.87. The molecule has 0 radical (unpaired) electrons. The highest BCUT2D eigenvalue weighted by molar-refractivity contribution is 5.94. The second-order valence-corrected chi connectivity index (χ2v) is 4.44. The average Bonchev–Trinajstić information content (AvgIpc) is 2.33. The molecule has 0 spiro atoms. The van der Waals surface area contributed by atoms with E-state index in [1.807, 2.05) is 6.92 Å². The Kier molecular flexibility index (Phi) is 3.57. The predicted octanol–water partition coefficient (Wildman–Crippen LogP) is 2.97. The number of rotatable bonds is 2. The number of benzene rings is 1. The molecule has 0 heterocycles. The van der Waals surface area contributed by atoms with Gasteiger partial charge in [0.1, 0.15) is 5.82 Å². The number of aryl methyl sites for hydroxylation is 1. The third-order valence-electron chi connectivity index (χ3n) is 2.97. The van der Waals surface area contributed by atoms with E-state index in [4.69, 9.17) is 0 Å². The van der Waals surface area contributed by atoms with Crippen molar-refractivity contribution in [2.45, 2.75) is 32.2 Å². The molecule has 1 aliphatic carbocycles. The first kappa shape index (κ1) is 11.8. The summed E-state index contributed by atoms with van der Waals surface area (Å²) in [6, 6.07) is 4.72. The van der Waals surface area contributed by atoms with Gasteiger partial charge in [0.05, 0.1) is 5.56 Å². The van der Waals surface area contributed by atoms with Gasteiger partial charge in [-0.3, -0.25) is 4.79 Å². The normalized spacial score (nSPS) is 19.1. The Labute approximate surface area is 101 Å². The highest BCUT2D eigenvalue weighted by Gasteiger charge is 2.16. The van der Waals surface area contributed by atoms with Crippen molar-refractivity contribution >= 4 is 5.91 Å². The summed E-state index contributed by atoms with van der Waals surface area (Å²) in [5.41, 5.74) is 1.03. The molecule has 1 atom stereocenters. The van der Waals surface area contributed by atoms with Gasteiger partial charge in [-0.05, 0) is 38.3 Å². The highest BCUT2D eigenvalue weighted by atomic mass is 19.1. The van der Waals surface area contributed by atoms with Crippen LogP contribution >= 0.6 is 0 Å². The van der Waals surface area contributed by atoms with E-state index in [1.165, 1.54) is 6.07 Å². The third-order valence-corrected chi connectivity index (χ3v) is 2.97. The van der Waals surface area contributed by atoms with Gasteiger partial charge in [-0.1, -0.05) is 23.8 Å². The molecule has 0 saturated heterocycles. The van der Waals surface area contributed by atoms with E-state index in [0.717, 1.165) is 24.8 Å². The van der Waals surface area contributed by atoms with Gasteiger partial charge < -0.3 is 5.32 Å². The van der Waals surface area contributed by atoms with Crippen LogP contribution in [0.15, 0.2) is 30.4 Å². The topological polar surface area (TPSA) is 29.1 Å².